The lowest BCUT2D eigenvalue weighted by molar-refractivity contribution is 0.834. The van der Waals surface area contributed by atoms with Crippen LogP contribution in [0.15, 0.2) is 14.3 Å². The summed E-state index contributed by atoms with van der Waals surface area (Å²) in [5.74, 6) is 0. The Labute approximate surface area is 80.9 Å². The highest BCUT2D eigenvalue weighted by molar-refractivity contribution is 9.13. The van der Waals surface area contributed by atoms with Crippen LogP contribution < -0.4 is 5.73 Å². The summed E-state index contributed by atoms with van der Waals surface area (Å²) in [5, 5.41) is 2.03. The molecule has 1 atom stereocenters. The third-order valence-electron chi connectivity index (χ3n) is 1.13. The first-order valence-electron chi connectivity index (χ1n) is 2.81. The first kappa shape index (κ1) is 8.71. The lowest BCUT2D eigenvalue weighted by atomic mass is 10.3. The highest BCUT2D eigenvalue weighted by Gasteiger charge is 2.09. The summed E-state index contributed by atoms with van der Waals surface area (Å²) < 4.78 is 2.18. The number of halogens is 2. The van der Waals surface area contributed by atoms with Crippen LogP contribution in [0.25, 0.3) is 0 Å². The van der Waals surface area contributed by atoms with E-state index < -0.39 is 0 Å². The van der Waals surface area contributed by atoms with Gasteiger partial charge in [0, 0.05) is 25.2 Å². The summed E-state index contributed by atoms with van der Waals surface area (Å²) in [4.78, 5) is 1.19. The van der Waals surface area contributed by atoms with E-state index in [0.29, 0.717) is 0 Å². The fraction of sp³-hybridized carbons (Fsp3) is 0.333. The molecule has 1 nitrogen and oxygen atoms in total. The average molecular weight is 285 g/mol. The summed E-state index contributed by atoms with van der Waals surface area (Å²) in [5.41, 5.74) is 5.69. The normalized spacial score (nSPS) is 13.6. The second-order valence-corrected chi connectivity index (χ2v) is 4.61. The number of hydrogen-bond acceptors (Lipinski definition) is 2. The van der Waals surface area contributed by atoms with E-state index in [1.165, 1.54) is 4.88 Å². The van der Waals surface area contributed by atoms with Crippen molar-refractivity contribution in [3.05, 3.63) is 19.2 Å². The van der Waals surface area contributed by atoms with Gasteiger partial charge in [0.1, 0.15) is 0 Å². The predicted molar refractivity (Wildman–Crippen MR) is 52.3 cm³/mol. The predicted octanol–water partition coefficient (Wildman–Crippen LogP) is 3.29. The van der Waals surface area contributed by atoms with Gasteiger partial charge in [0.15, 0.2) is 0 Å². The molecule has 0 bridgehead atoms. The van der Waals surface area contributed by atoms with E-state index in [1.54, 1.807) is 11.3 Å². The minimum atomic E-state index is 0.116. The molecule has 56 valence electrons. The molecule has 1 aromatic rings. The molecule has 0 unspecified atom stereocenters. The molecule has 0 amide bonds. The minimum absolute atomic E-state index is 0.116. The van der Waals surface area contributed by atoms with Gasteiger partial charge in [-0.15, -0.1) is 11.3 Å². The van der Waals surface area contributed by atoms with Crippen molar-refractivity contribution < 1.29 is 0 Å². The van der Waals surface area contributed by atoms with Crippen molar-refractivity contribution in [3.8, 4) is 0 Å². The third-order valence-corrected chi connectivity index (χ3v) is 4.89. The van der Waals surface area contributed by atoms with Crippen LogP contribution in [0.1, 0.15) is 17.8 Å². The van der Waals surface area contributed by atoms with Crippen LogP contribution in [0, 0.1) is 0 Å². The molecule has 0 saturated heterocycles. The highest BCUT2D eigenvalue weighted by atomic mass is 79.9. The molecule has 1 heterocycles. The molecule has 2 N–H and O–H groups in total. The molecule has 0 saturated carbocycles. The summed E-state index contributed by atoms with van der Waals surface area (Å²) in [6.07, 6.45) is 0. The molecule has 0 aliphatic heterocycles. The van der Waals surface area contributed by atoms with Crippen LogP contribution in [0.2, 0.25) is 0 Å². The van der Waals surface area contributed by atoms with Crippen molar-refractivity contribution >= 4 is 43.2 Å². The van der Waals surface area contributed by atoms with E-state index >= 15 is 0 Å². The number of hydrogen-bond donors (Lipinski definition) is 1. The van der Waals surface area contributed by atoms with Crippen LogP contribution >= 0.6 is 43.2 Å². The lowest BCUT2D eigenvalue weighted by Crippen LogP contribution is -2.02. The van der Waals surface area contributed by atoms with Crippen LogP contribution in [0.3, 0.4) is 0 Å². The van der Waals surface area contributed by atoms with Crippen molar-refractivity contribution in [2.24, 2.45) is 5.73 Å². The Bertz CT molecular complexity index is 232. The Hall–Kier alpha value is 0.620. The van der Waals surface area contributed by atoms with Gasteiger partial charge >= 0.3 is 0 Å². The highest BCUT2D eigenvalue weighted by Crippen LogP contribution is 2.35. The van der Waals surface area contributed by atoms with Gasteiger partial charge in [-0.25, -0.2) is 0 Å². The van der Waals surface area contributed by atoms with E-state index in [0.717, 1.165) is 8.95 Å². The van der Waals surface area contributed by atoms with Crippen LogP contribution in [0.5, 0.6) is 0 Å². The third kappa shape index (κ3) is 1.61. The van der Waals surface area contributed by atoms with Gasteiger partial charge < -0.3 is 5.73 Å². The van der Waals surface area contributed by atoms with Gasteiger partial charge in [-0.05, 0) is 38.8 Å². The summed E-state index contributed by atoms with van der Waals surface area (Å²) in [7, 11) is 0. The number of nitrogens with two attached hydrogens (primary N) is 1. The second kappa shape index (κ2) is 3.34. The molecule has 0 aliphatic rings. The number of thiophene rings is 1. The molecular formula is C6H7Br2NS. The standard InChI is InChI=1S/C6H7Br2NS/c1-3(9)6-5(8)4(7)2-10-6/h2-3H,9H2,1H3/t3-/m0/s1. The minimum Gasteiger partial charge on any atom is -0.323 e. The fourth-order valence-corrected chi connectivity index (χ4v) is 2.95. The molecule has 0 fully saturated rings. The fourth-order valence-electron chi connectivity index (χ4n) is 0.644. The van der Waals surface area contributed by atoms with Gasteiger partial charge in [0.2, 0.25) is 0 Å². The van der Waals surface area contributed by atoms with Crippen molar-refractivity contribution in [2.45, 2.75) is 13.0 Å². The van der Waals surface area contributed by atoms with Crippen LogP contribution in [0.4, 0.5) is 0 Å². The quantitative estimate of drug-likeness (QED) is 0.841. The molecule has 0 aromatic carbocycles. The van der Waals surface area contributed by atoms with Gasteiger partial charge in [0.25, 0.3) is 0 Å². The zero-order valence-corrected chi connectivity index (χ0v) is 9.38. The van der Waals surface area contributed by atoms with Gasteiger partial charge in [-0.3, -0.25) is 0 Å². The smallest absolute Gasteiger partial charge is 0.0472 e. The van der Waals surface area contributed by atoms with Gasteiger partial charge in [-0.1, -0.05) is 0 Å². The second-order valence-electron chi connectivity index (χ2n) is 2.05. The zero-order valence-electron chi connectivity index (χ0n) is 5.40. The zero-order chi connectivity index (χ0) is 7.72. The Morgan fingerprint density at radius 1 is 1.60 bits per heavy atom. The molecule has 1 aromatic heterocycles. The van der Waals surface area contributed by atoms with E-state index in [1.807, 2.05) is 12.3 Å². The van der Waals surface area contributed by atoms with E-state index in [-0.39, 0.29) is 6.04 Å². The molecule has 10 heavy (non-hydrogen) atoms. The maximum atomic E-state index is 5.69. The summed E-state index contributed by atoms with van der Waals surface area (Å²) >= 11 is 8.49. The van der Waals surface area contributed by atoms with Gasteiger partial charge in [0.05, 0.1) is 0 Å². The van der Waals surface area contributed by atoms with Crippen LogP contribution in [-0.2, 0) is 0 Å². The Morgan fingerprint density at radius 3 is 2.40 bits per heavy atom. The van der Waals surface area contributed by atoms with Crippen molar-refractivity contribution in [3.63, 3.8) is 0 Å². The first-order valence-corrected chi connectivity index (χ1v) is 5.27. The summed E-state index contributed by atoms with van der Waals surface area (Å²) in [6, 6.07) is 0.116. The maximum Gasteiger partial charge on any atom is 0.0472 e. The van der Waals surface area contributed by atoms with E-state index in [2.05, 4.69) is 31.9 Å². The Balaban J connectivity index is 3.05. The Kier molecular flexibility index (Phi) is 2.91. The molecule has 0 radical (unpaired) electrons. The molecule has 0 aliphatic carbocycles. The average Bonchev–Trinajstić information content (AvgIpc) is 2.14. The Morgan fingerprint density at radius 2 is 2.20 bits per heavy atom. The van der Waals surface area contributed by atoms with E-state index in [4.69, 9.17) is 5.73 Å². The monoisotopic (exact) mass is 283 g/mol. The largest absolute Gasteiger partial charge is 0.323 e. The molecular weight excluding hydrogens is 278 g/mol. The van der Waals surface area contributed by atoms with Crippen LogP contribution in [-0.4, -0.2) is 0 Å². The summed E-state index contributed by atoms with van der Waals surface area (Å²) in [6.45, 7) is 1.98. The first-order chi connectivity index (χ1) is 4.63. The SMILES string of the molecule is C[C@H](N)c1scc(Br)c1Br. The number of rotatable bonds is 1. The maximum absolute atomic E-state index is 5.69. The van der Waals surface area contributed by atoms with Crippen molar-refractivity contribution in [1.29, 1.82) is 0 Å². The van der Waals surface area contributed by atoms with Crippen molar-refractivity contribution in [2.75, 3.05) is 0 Å². The lowest BCUT2D eigenvalue weighted by Gasteiger charge is -2.00. The van der Waals surface area contributed by atoms with Gasteiger partial charge in [-0.2, -0.15) is 0 Å². The molecule has 0 spiro atoms. The van der Waals surface area contributed by atoms with E-state index in [9.17, 15) is 0 Å². The molecule has 4 heteroatoms. The van der Waals surface area contributed by atoms with Crippen molar-refractivity contribution in [1.82, 2.24) is 0 Å². The topological polar surface area (TPSA) is 26.0 Å². The molecule has 1 rings (SSSR count).